The average molecular weight is 358 g/mol. The van der Waals surface area contributed by atoms with Gasteiger partial charge in [-0.15, -0.1) is 12.4 Å². The van der Waals surface area contributed by atoms with Crippen molar-refractivity contribution >= 4 is 18.3 Å². The summed E-state index contributed by atoms with van der Waals surface area (Å²) in [7, 11) is 0. The second-order valence-corrected chi connectivity index (χ2v) is 5.23. The topological polar surface area (TPSA) is 45.2 Å². The molecule has 3 rings (SSSR count). The van der Waals surface area contributed by atoms with E-state index in [4.69, 9.17) is 0 Å². The molecule has 1 aromatic heterocycles. The van der Waals surface area contributed by atoms with Gasteiger partial charge in [-0.05, 0) is 23.8 Å². The Balaban J connectivity index is 0.00000208. The highest BCUT2D eigenvalue weighted by atomic mass is 35.5. The van der Waals surface area contributed by atoms with Gasteiger partial charge >= 0.3 is 0 Å². The highest BCUT2D eigenvalue weighted by Crippen LogP contribution is 2.25. The quantitative estimate of drug-likeness (QED) is 0.841. The molecule has 2 heterocycles. The summed E-state index contributed by atoms with van der Waals surface area (Å²) in [5.41, 5.74) is 0.315. The van der Waals surface area contributed by atoms with Crippen LogP contribution in [0.25, 0.3) is 0 Å². The molecule has 24 heavy (non-hydrogen) atoms. The van der Waals surface area contributed by atoms with Gasteiger partial charge < -0.3 is 10.2 Å². The van der Waals surface area contributed by atoms with Crippen LogP contribution in [0.4, 0.5) is 13.2 Å². The molecule has 1 aromatic carbocycles. The summed E-state index contributed by atoms with van der Waals surface area (Å²) in [4.78, 5) is 18.1. The molecule has 1 aliphatic rings. The van der Waals surface area contributed by atoms with E-state index in [9.17, 15) is 18.0 Å². The largest absolute Gasteiger partial charge is 0.329 e. The molecule has 8 heteroatoms. The minimum Gasteiger partial charge on any atom is -0.329 e. The molecular formula is C16H15ClF3N3O. The number of carbonyl (C=O) groups excluding carboxylic acids is 1. The summed E-state index contributed by atoms with van der Waals surface area (Å²) < 4.78 is 40.4. The van der Waals surface area contributed by atoms with Crippen molar-refractivity contribution in [1.82, 2.24) is 15.2 Å². The highest BCUT2D eigenvalue weighted by molar-refractivity contribution is 5.95. The number of rotatable bonds is 2. The van der Waals surface area contributed by atoms with Gasteiger partial charge in [-0.3, -0.25) is 9.78 Å². The van der Waals surface area contributed by atoms with Crippen LogP contribution in [0.3, 0.4) is 0 Å². The minimum absolute atomic E-state index is 0. The van der Waals surface area contributed by atoms with E-state index in [0.29, 0.717) is 19.6 Å². The van der Waals surface area contributed by atoms with Gasteiger partial charge in [-0.25, -0.2) is 13.2 Å². The highest BCUT2D eigenvalue weighted by Gasteiger charge is 2.31. The number of carbonyl (C=O) groups is 1. The van der Waals surface area contributed by atoms with Crippen molar-refractivity contribution in [1.29, 1.82) is 0 Å². The molecule has 0 saturated carbocycles. The van der Waals surface area contributed by atoms with Gasteiger partial charge in [0.2, 0.25) is 0 Å². The van der Waals surface area contributed by atoms with E-state index in [1.165, 1.54) is 4.90 Å². The van der Waals surface area contributed by atoms with Crippen LogP contribution in [0.1, 0.15) is 22.0 Å². The number of aromatic nitrogens is 1. The lowest BCUT2D eigenvalue weighted by Crippen LogP contribution is -2.49. The summed E-state index contributed by atoms with van der Waals surface area (Å²) in [5, 5.41) is 3.16. The number of hydrogen-bond donors (Lipinski definition) is 1. The number of benzene rings is 1. The van der Waals surface area contributed by atoms with Crippen molar-refractivity contribution in [3.8, 4) is 0 Å². The molecule has 1 saturated heterocycles. The maximum atomic E-state index is 13.9. The monoisotopic (exact) mass is 357 g/mol. The molecule has 128 valence electrons. The molecule has 0 spiro atoms. The first-order valence-electron chi connectivity index (χ1n) is 7.14. The fourth-order valence-corrected chi connectivity index (χ4v) is 2.66. The molecule has 4 nitrogen and oxygen atoms in total. The average Bonchev–Trinajstić information content (AvgIpc) is 2.60. The fraction of sp³-hybridized carbons (Fsp3) is 0.250. The minimum atomic E-state index is -1.64. The number of pyridine rings is 1. The van der Waals surface area contributed by atoms with Crippen molar-refractivity contribution < 1.29 is 18.0 Å². The smallest absolute Gasteiger partial charge is 0.257 e. The third-order valence-electron chi connectivity index (χ3n) is 3.84. The van der Waals surface area contributed by atoms with Crippen LogP contribution in [-0.4, -0.2) is 35.4 Å². The van der Waals surface area contributed by atoms with Crippen LogP contribution >= 0.6 is 12.4 Å². The third kappa shape index (κ3) is 3.37. The van der Waals surface area contributed by atoms with Crippen LogP contribution < -0.4 is 5.32 Å². The predicted octanol–water partition coefficient (Wildman–Crippen LogP) is 2.71. The van der Waals surface area contributed by atoms with E-state index < -0.39 is 28.9 Å². The Morgan fingerprint density at radius 1 is 1.21 bits per heavy atom. The Bertz CT molecular complexity index is 730. The molecule has 1 N–H and O–H groups in total. The van der Waals surface area contributed by atoms with E-state index in [-0.39, 0.29) is 18.4 Å². The van der Waals surface area contributed by atoms with Crippen molar-refractivity contribution in [2.24, 2.45) is 0 Å². The van der Waals surface area contributed by atoms with Crippen LogP contribution in [0.2, 0.25) is 0 Å². The number of halogens is 4. The van der Waals surface area contributed by atoms with E-state index in [0.717, 1.165) is 17.7 Å². The molecule has 1 amide bonds. The standard InChI is InChI=1S/C16H14F3N3O.ClH/c17-12-4-3-11(14(18)15(12)19)16(23)22-7-6-21-9-13(22)10-2-1-5-20-8-10;/h1-5,8,13,21H,6-7,9H2;1H. The van der Waals surface area contributed by atoms with Gasteiger partial charge in [-0.1, -0.05) is 6.07 Å². The van der Waals surface area contributed by atoms with E-state index in [2.05, 4.69) is 10.3 Å². The molecule has 0 bridgehead atoms. The van der Waals surface area contributed by atoms with Crippen LogP contribution in [-0.2, 0) is 0 Å². The van der Waals surface area contributed by atoms with Crippen molar-refractivity contribution in [2.75, 3.05) is 19.6 Å². The molecular weight excluding hydrogens is 343 g/mol. The first-order valence-corrected chi connectivity index (χ1v) is 7.14. The van der Waals surface area contributed by atoms with Gasteiger partial charge in [0, 0.05) is 32.0 Å². The first kappa shape index (κ1) is 18.2. The maximum Gasteiger partial charge on any atom is 0.257 e. The van der Waals surface area contributed by atoms with Crippen molar-refractivity contribution in [3.05, 3.63) is 65.2 Å². The Hall–Kier alpha value is -2.12. The van der Waals surface area contributed by atoms with Crippen molar-refractivity contribution in [2.45, 2.75) is 6.04 Å². The van der Waals surface area contributed by atoms with E-state index >= 15 is 0 Å². The van der Waals surface area contributed by atoms with Gasteiger partial charge in [0.15, 0.2) is 17.5 Å². The van der Waals surface area contributed by atoms with Gasteiger partial charge in [0.05, 0.1) is 11.6 Å². The first-order chi connectivity index (χ1) is 11.1. The molecule has 2 aromatic rings. The van der Waals surface area contributed by atoms with Crippen LogP contribution in [0, 0.1) is 17.5 Å². The number of piperazine rings is 1. The Kier molecular flexibility index (Phi) is 5.80. The van der Waals surface area contributed by atoms with Gasteiger partial charge in [0.25, 0.3) is 5.91 Å². The second-order valence-electron chi connectivity index (χ2n) is 5.23. The number of nitrogens with zero attached hydrogens (tertiary/aromatic N) is 2. The molecule has 0 radical (unpaired) electrons. The lowest BCUT2D eigenvalue weighted by atomic mass is 10.0. The molecule has 1 atom stereocenters. The van der Waals surface area contributed by atoms with Gasteiger partial charge in [0.1, 0.15) is 0 Å². The Morgan fingerprint density at radius 3 is 2.71 bits per heavy atom. The van der Waals surface area contributed by atoms with Gasteiger partial charge in [-0.2, -0.15) is 0 Å². The summed E-state index contributed by atoms with van der Waals surface area (Å²) in [6.07, 6.45) is 3.24. The Labute approximate surface area is 143 Å². The number of amides is 1. The molecule has 1 aliphatic heterocycles. The molecule has 0 aliphatic carbocycles. The lowest BCUT2D eigenvalue weighted by molar-refractivity contribution is 0.0627. The second kappa shape index (κ2) is 7.63. The Morgan fingerprint density at radius 2 is 2.00 bits per heavy atom. The normalized spacial score (nSPS) is 17.3. The van der Waals surface area contributed by atoms with Crippen LogP contribution in [0.5, 0.6) is 0 Å². The van der Waals surface area contributed by atoms with E-state index in [1.807, 2.05) is 6.07 Å². The predicted molar refractivity (Wildman–Crippen MR) is 84.4 cm³/mol. The molecule has 1 unspecified atom stereocenters. The fourth-order valence-electron chi connectivity index (χ4n) is 2.66. The summed E-state index contributed by atoms with van der Waals surface area (Å²) in [6.45, 7) is 1.34. The summed E-state index contributed by atoms with van der Waals surface area (Å²) >= 11 is 0. The third-order valence-corrected chi connectivity index (χ3v) is 3.84. The summed E-state index contributed by atoms with van der Waals surface area (Å²) in [6, 6.07) is 4.93. The zero-order valence-electron chi connectivity index (χ0n) is 12.5. The van der Waals surface area contributed by atoms with Crippen LogP contribution in [0.15, 0.2) is 36.7 Å². The lowest BCUT2D eigenvalue weighted by Gasteiger charge is -2.36. The van der Waals surface area contributed by atoms with E-state index in [1.54, 1.807) is 18.5 Å². The summed E-state index contributed by atoms with van der Waals surface area (Å²) in [5.74, 6) is -5.08. The zero-order chi connectivity index (χ0) is 16.4. The zero-order valence-corrected chi connectivity index (χ0v) is 13.3. The molecule has 1 fully saturated rings. The number of nitrogens with one attached hydrogen (secondary N) is 1. The SMILES string of the molecule is Cl.O=C(c1ccc(F)c(F)c1F)N1CCNCC1c1cccnc1. The van der Waals surface area contributed by atoms with Crippen molar-refractivity contribution in [3.63, 3.8) is 0 Å². The number of hydrogen-bond acceptors (Lipinski definition) is 3. The maximum absolute atomic E-state index is 13.9.